The molecule has 0 N–H and O–H groups in total. The van der Waals surface area contributed by atoms with Gasteiger partial charge in [-0.2, -0.15) is 0 Å². The molecule has 0 radical (unpaired) electrons. The lowest BCUT2D eigenvalue weighted by atomic mass is 10.2. The Hall–Kier alpha value is -1.40. The second kappa shape index (κ2) is 5.18. The second-order valence-corrected chi connectivity index (χ2v) is 6.09. The van der Waals surface area contributed by atoms with Gasteiger partial charge in [-0.05, 0) is 25.3 Å². The van der Waals surface area contributed by atoms with Gasteiger partial charge in [-0.1, -0.05) is 11.6 Å². The first kappa shape index (κ1) is 13.6. The number of ether oxygens (including phenoxy) is 1. The number of fused-ring (bicyclic) bond motifs is 1. The number of hydrogen-bond donors (Lipinski definition) is 0. The lowest BCUT2D eigenvalue weighted by molar-refractivity contribution is 0.0605. The summed E-state index contributed by atoms with van der Waals surface area (Å²) in [5, 5.41) is 1.15. The van der Waals surface area contributed by atoms with E-state index < -0.39 is 0 Å². The van der Waals surface area contributed by atoms with Crippen molar-refractivity contribution in [1.82, 2.24) is 9.97 Å². The first-order valence-corrected chi connectivity index (χ1v) is 7.61. The van der Waals surface area contributed by atoms with Crippen LogP contribution in [0.3, 0.4) is 0 Å². The Bertz CT molecular complexity index is 680. The summed E-state index contributed by atoms with van der Waals surface area (Å²) in [6.45, 7) is 3.75. The third-order valence-electron chi connectivity index (χ3n) is 3.49. The van der Waals surface area contributed by atoms with E-state index in [1.54, 1.807) is 0 Å². The molecule has 0 saturated carbocycles. The maximum absolute atomic E-state index is 11.7. The first-order chi connectivity index (χ1) is 9.61. The van der Waals surface area contributed by atoms with Crippen molar-refractivity contribution >= 4 is 45.1 Å². The highest BCUT2D eigenvalue weighted by molar-refractivity contribution is 7.20. The van der Waals surface area contributed by atoms with E-state index in [4.69, 9.17) is 16.3 Å². The van der Waals surface area contributed by atoms with Crippen LogP contribution < -0.4 is 4.90 Å². The Labute approximate surface area is 125 Å². The summed E-state index contributed by atoms with van der Waals surface area (Å²) in [6, 6.07) is 0. The minimum atomic E-state index is -0.357. The van der Waals surface area contributed by atoms with Gasteiger partial charge in [-0.15, -0.1) is 11.3 Å². The van der Waals surface area contributed by atoms with Gasteiger partial charge in [0.1, 0.15) is 14.9 Å². The zero-order valence-electron chi connectivity index (χ0n) is 11.3. The standard InChI is InChI=1S/C13H14ClN3O2S/c1-7-8-10(14)15-13(17-5-3-4-6-17)16-11(8)20-9(7)12(18)19-2/h3-6H2,1-2H3. The van der Waals surface area contributed by atoms with E-state index in [2.05, 4.69) is 14.9 Å². The summed E-state index contributed by atoms with van der Waals surface area (Å²) in [4.78, 5) is 24.1. The van der Waals surface area contributed by atoms with Gasteiger partial charge >= 0.3 is 5.97 Å². The second-order valence-electron chi connectivity index (χ2n) is 4.74. The van der Waals surface area contributed by atoms with Crippen LogP contribution in [0.5, 0.6) is 0 Å². The Balaban J connectivity index is 2.14. The number of anilines is 1. The Kier molecular flexibility index (Phi) is 3.52. The highest BCUT2D eigenvalue weighted by Crippen LogP contribution is 2.35. The van der Waals surface area contributed by atoms with Gasteiger partial charge in [0.25, 0.3) is 0 Å². The molecule has 1 fully saturated rings. The molecule has 0 aliphatic carbocycles. The summed E-state index contributed by atoms with van der Waals surface area (Å²) in [5.41, 5.74) is 0.787. The van der Waals surface area contributed by atoms with Crippen LogP contribution in [0.2, 0.25) is 5.15 Å². The van der Waals surface area contributed by atoms with Crippen LogP contribution in [0.1, 0.15) is 28.1 Å². The van der Waals surface area contributed by atoms with Crippen molar-refractivity contribution in [3.63, 3.8) is 0 Å². The predicted molar refractivity (Wildman–Crippen MR) is 79.9 cm³/mol. The van der Waals surface area contributed by atoms with E-state index in [0.29, 0.717) is 16.0 Å². The topological polar surface area (TPSA) is 55.3 Å². The molecule has 1 aliphatic heterocycles. The summed E-state index contributed by atoms with van der Waals surface area (Å²) < 4.78 is 4.79. The van der Waals surface area contributed by atoms with Crippen LogP contribution in [-0.4, -0.2) is 36.1 Å². The van der Waals surface area contributed by atoms with Gasteiger partial charge in [-0.25, -0.2) is 14.8 Å². The number of carbonyl (C=O) groups is 1. The molecule has 1 aliphatic rings. The summed E-state index contributed by atoms with van der Waals surface area (Å²) in [5.74, 6) is 0.293. The molecule has 3 rings (SSSR count). The minimum absolute atomic E-state index is 0.357. The van der Waals surface area contributed by atoms with Crippen molar-refractivity contribution in [2.45, 2.75) is 19.8 Å². The third kappa shape index (κ3) is 2.13. The van der Waals surface area contributed by atoms with Crippen LogP contribution >= 0.6 is 22.9 Å². The van der Waals surface area contributed by atoms with Crippen LogP contribution in [0.15, 0.2) is 0 Å². The Morgan fingerprint density at radius 1 is 1.35 bits per heavy atom. The molecular formula is C13H14ClN3O2S. The monoisotopic (exact) mass is 311 g/mol. The molecule has 0 spiro atoms. The zero-order chi connectivity index (χ0) is 14.3. The number of esters is 1. The van der Waals surface area contributed by atoms with E-state index in [1.165, 1.54) is 18.4 Å². The lowest BCUT2D eigenvalue weighted by Gasteiger charge is -2.14. The first-order valence-electron chi connectivity index (χ1n) is 6.41. The van der Waals surface area contributed by atoms with Crippen LogP contribution in [0.4, 0.5) is 5.95 Å². The van der Waals surface area contributed by atoms with Crippen LogP contribution in [0.25, 0.3) is 10.2 Å². The predicted octanol–water partition coefficient (Wildman–Crippen LogP) is 3.04. The van der Waals surface area contributed by atoms with Gasteiger partial charge in [0, 0.05) is 13.1 Å². The molecule has 20 heavy (non-hydrogen) atoms. The van der Waals surface area contributed by atoms with Crippen molar-refractivity contribution in [1.29, 1.82) is 0 Å². The number of aryl methyl sites for hydroxylation is 1. The minimum Gasteiger partial charge on any atom is -0.465 e. The molecule has 0 amide bonds. The molecule has 106 valence electrons. The van der Waals surface area contributed by atoms with E-state index >= 15 is 0 Å². The quantitative estimate of drug-likeness (QED) is 0.630. The molecule has 0 unspecified atom stereocenters. The van der Waals surface area contributed by atoms with Gasteiger partial charge < -0.3 is 9.64 Å². The number of aromatic nitrogens is 2. The Morgan fingerprint density at radius 3 is 2.70 bits per heavy atom. The number of methoxy groups -OCH3 is 1. The van der Waals surface area contributed by atoms with Gasteiger partial charge in [-0.3, -0.25) is 0 Å². The largest absolute Gasteiger partial charge is 0.465 e. The van der Waals surface area contributed by atoms with Gasteiger partial charge in [0.2, 0.25) is 5.95 Å². The number of rotatable bonds is 2. The average Bonchev–Trinajstić information content (AvgIpc) is 3.06. The summed E-state index contributed by atoms with van der Waals surface area (Å²) >= 11 is 7.59. The molecule has 0 atom stereocenters. The highest BCUT2D eigenvalue weighted by atomic mass is 35.5. The lowest BCUT2D eigenvalue weighted by Crippen LogP contribution is -2.20. The molecule has 1 saturated heterocycles. The van der Waals surface area contributed by atoms with E-state index in [0.717, 1.165) is 41.7 Å². The number of carbonyl (C=O) groups excluding carboxylic acids is 1. The molecular weight excluding hydrogens is 298 g/mol. The van der Waals surface area contributed by atoms with E-state index in [-0.39, 0.29) is 5.97 Å². The number of hydrogen-bond acceptors (Lipinski definition) is 6. The smallest absolute Gasteiger partial charge is 0.348 e. The van der Waals surface area contributed by atoms with Crippen molar-refractivity contribution < 1.29 is 9.53 Å². The van der Waals surface area contributed by atoms with Crippen LogP contribution in [0, 0.1) is 6.92 Å². The van der Waals surface area contributed by atoms with Gasteiger partial charge in [0.15, 0.2) is 0 Å². The summed E-state index contributed by atoms with van der Waals surface area (Å²) in [6.07, 6.45) is 2.30. The average molecular weight is 312 g/mol. The molecule has 2 aromatic rings. The zero-order valence-corrected chi connectivity index (χ0v) is 12.8. The fourth-order valence-electron chi connectivity index (χ4n) is 2.43. The number of nitrogens with zero attached hydrogens (tertiary/aromatic N) is 3. The highest BCUT2D eigenvalue weighted by Gasteiger charge is 2.22. The van der Waals surface area contributed by atoms with Crippen molar-refractivity contribution in [3.05, 3.63) is 15.6 Å². The van der Waals surface area contributed by atoms with E-state index in [1.807, 2.05) is 6.92 Å². The third-order valence-corrected chi connectivity index (χ3v) is 4.93. The Morgan fingerprint density at radius 2 is 2.05 bits per heavy atom. The molecule has 0 aromatic carbocycles. The fraction of sp³-hybridized carbons (Fsp3) is 0.462. The normalized spacial score (nSPS) is 15.1. The van der Waals surface area contributed by atoms with E-state index in [9.17, 15) is 4.79 Å². The SMILES string of the molecule is COC(=O)c1sc2nc(N3CCCC3)nc(Cl)c2c1C. The molecule has 3 heterocycles. The maximum Gasteiger partial charge on any atom is 0.348 e. The van der Waals surface area contributed by atoms with Crippen molar-refractivity contribution in [2.24, 2.45) is 0 Å². The van der Waals surface area contributed by atoms with Crippen molar-refractivity contribution in [2.75, 3.05) is 25.1 Å². The molecule has 2 aromatic heterocycles. The molecule has 0 bridgehead atoms. The molecule has 5 nitrogen and oxygen atoms in total. The fourth-order valence-corrected chi connectivity index (χ4v) is 3.88. The number of thiophene rings is 1. The van der Waals surface area contributed by atoms with Crippen molar-refractivity contribution in [3.8, 4) is 0 Å². The van der Waals surface area contributed by atoms with Gasteiger partial charge in [0.05, 0.1) is 12.5 Å². The van der Waals surface area contributed by atoms with Crippen LogP contribution in [-0.2, 0) is 4.74 Å². The number of halogens is 1. The molecule has 7 heteroatoms. The summed E-state index contributed by atoms with van der Waals surface area (Å²) in [7, 11) is 1.37. The maximum atomic E-state index is 11.7.